The zero-order valence-corrected chi connectivity index (χ0v) is 19.1. The van der Waals surface area contributed by atoms with Gasteiger partial charge < -0.3 is 19.9 Å². The van der Waals surface area contributed by atoms with E-state index in [4.69, 9.17) is 33.5 Å². The van der Waals surface area contributed by atoms with Crippen LogP contribution in [-0.4, -0.2) is 65.8 Å². The van der Waals surface area contributed by atoms with Crippen LogP contribution in [0.1, 0.15) is 33.4 Å². The van der Waals surface area contributed by atoms with Crippen molar-refractivity contribution in [2.45, 2.75) is 63.4 Å². The second-order valence-electron chi connectivity index (χ2n) is 8.08. The molecule has 0 radical (unpaired) electrons. The summed E-state index contributed by atoms with van der Waals surface area (Å²) in [6.45, 7) is 4.57. The molecule has 0 unspecified atom stereocenters. The van der Waals surface area contributed by atoms with E-state index in [0.717, 1.165) is 10.6 Å². The van der Waals surface area contributed by atoms with Crippen molar-refractivity contribution in [3.05, 3.63) is 33.1 Å². The quantitative estimate of drug-likeness (QED) is 0.383. The van der Waals surface area contributed by atoms with Gasteiger partial charge in [-0.15, -0.1) is 0 Å². The standard InChI is InChI=1S/C18H28N3O10P/c1-10(2)29-14(23)7-11(26-4)8-27-32(25)28-9-12-15(31-32)18(3,19)16(30-12)21-6-5-13(22)20-17(21)24/h5-6,10-12,15-16H,7-9,19H2,1-4H3,(H,20,22,24)/t11-,12+,15+,16+,18+,32+/m0/s1. The van der Waals surface area contributed by atoms with Crippen molar-refractivity contribution in [1.29, 1.82) is 0 Å². The highest BCUT2D eigenvalue weighted by Crippen LogP contribution is 2.58. The molecule has 14 heteroatoms. The van der Waals surface area contributed by atoms with Gasteiger partial charge in [0, 0.05) is 19.4 Å². The van der Waals surface area contributed by atoms with Crippen LogP contribution >= 0.6 is 7.82 Å². The van der Waals surface area contributed by atoms with E-state index in [0.29, 0.717) is 0 Å². The Morgan fingerprint density at radius 1 is 1.44 bits per heavy atom. The van der Waals surface area contributed by atoms with Gasteiger partial charge in [0.2, 0.25) is 0 Å². The van der Waals surface area contributed by atoms with Gasteiger partial charge in [-0.1, -0.05) is 0 Å². The van der Waals surface area contributed by atoms with Crippen LogP contribution in [-0.2, 0) is 37.1 Å². The summed E-state index contributed by atoms with van der Waals surface area (Å²) < 4.78 is 46.5. The summed E-state index contributed by atoms with van der Waals surface area (Å²) in [5.41, 5.74) is 3.81. The summed E-state index contributed by atoms with van der Waals surface area (Å²) in [6, 6.07) is 1.16. The molecule has 3 rings (SSSR count). The third kappa shape index (κ3) is 5.37. The van der Waals surface area contributed by atoms with Gasteiger partial charge in [-0.3, -0.25) is 32.7 Å². The number of hydrogen-bond donors (Lipinski definition) is 2. The number of carbonyl (C=O) groups excluding carboxylic acids is 1. The minimum Gasteiger partial charge on any atom is -0.463 e. The van der Waals surface area contributed by atoms with E-state index in [1.807, 2.05) is 0 Å². The maximum atomic E-state index is 13.0. The van der Waals surface area contributed by atoms with E-state index < -0.39 is 55.1 Å². The van der Waals surface area contributed by atoms with Gasteiger partial charge in [0.1, 0.15) is 12.2 Å². The van der Waals surface area contributed by atoms with Gasteiger partial charge >= 0.3 is 19.5 Å². The van der Waals surface area contributed by atoms with Crippen LogP contribution in [0.2, 0.25) is 0 Å². The normalized spacial score (nSPS) is 33.1. The lowest BCUT2D eigenvalue weighted by Crippen LogP contribution is -2.55. The van der Waals surface area contributed by atoms with Crippen LogP contribution in [0.15, 0.2) is 21.9 Å². The molecule has 1 aromatic heterocycles. The van der Waals surface area contributed by atoms with Crippen molar-refractivity contribution in [3.63, 3.8) is 0 Å². The molecule has 0 saturated carbocycles. The zero-order chi connectivity index (χ0) is 23.7. The number of ether oxygens (including phenoxy) is 3. The molecule has 1 aromatic rings. The van der Waals surface area contributed by atoms with Gasteiger partial charge in [-0.2, -0.15) is 0 Å². The predicted octanol–water partition coefficient (Wildman–Crippen LogP) is 0.0482. The van der Waals surface area contributed by atoms with Gasteiger partial charge in [0.15, 0.2) is 6.23 Å². The molecule has 0 amide bonds. The monoisotopic (exact) mass is 477 g/mol. The first-order valence-electron chi connectivity index (χ1n) is 10.0. The van der Waals surface area contributed by atoms with Crippen molar-refractivity contribution in [1.82, 2.24) is 9.55 Å². The Balaban J connectivity index is 1.68. The number of phosphoric acid groups is 1. The predicted molar refractivity (Wildman–Crippen MR) is 109 cm³/mol. The fourth-order valence-corrected chi connectivity index (χ4v) is 5.01. The third-order valence-corrected chi connectivity index (χ3v) is 6.46. The number of methoxy groups -OCH3 is 1. The first kappa shape index (κ1) is 24.8. The summed E-state index contributed by atoms with van der Waals surface area (Å²) in [5.74, 6) is -0.493. The van der Waals surface area contributed by atoms with E-state index >= 15 is 0 Å². The zero-order valence-electron chi connectivity index (χ0n) is 18.2. The topological polar surface area (TPSA) is 170 Å². The van der Waals surface area contributed by atoms with Crippen molar-refractivity contribution in [2.24, 2.45) is 5.73 Å². The highest BCUT2D eigenvalue weighted by atomic mass is 31.2. The van der Waals surface area contributed by atoms with Gasteiger partial charge in [-0.25, -0.2) is 9.36 Å². The minimum absolute atomic E-state index is 0.115. The second-order valence-corrected chi connectivity index (χ2v) is 9.70. The minimum atomic E-state index is -4.08. The van der Waals surface area contributed by atoms with Crippen LogP contribution < -0.4 is 17.0 Å². The maximum Gasteiger partial charge on any atom is 0.475 e. The summed E-state index contributed by atoms with van der Waals surface area (Å²) in [4.78, 5) is 37.5. The van der Waals surface area contributed by atoms with E-state index in [2.05, 4.69) is 4.98 Å². The molecule has 0 bridgehead atoms. The van der Waals surface area contributed by atoms with Gasteiger partial charge in [-0.05, 0) is 20.8 Å². The molecule has 6 atom stereocenters. The summed E-state index contributed by atoms with van der Waals surface area (Å²) >= 11 is 0. The third-order valence-electron chi connectivity index (χ3n) is 5.04. The van der Waals surface area contributed by atoms with E-state index in [-0.39, 0.29) is 25.7 Å². The lowest BCUT2D eigenvalue weighted by Gasteiger charge is -2.36. The molecule has 2 aliphatic rings. The van der Waals surface area contributed by atoms with Crippen LogP contribution in [0.3, 0.4) is 0 Å². The molecule has 13 nitrogen and oxygen atoms in total. The molecule has 0 aromatic carbocycles. The molecule has 2 aliphatic heterocycles. The maximum absolute atomic E-state index is 13.0. The van der Waals surface area contributed by atoms with E-state index in [1.165, 1.54) is 13.3 Å². The number of H-pyrrole nitrogens is 1. The van der Waals surface area contributed by atoms with Crippen LogP contribution in [0.4, 0.5) is 0 Å². The Morgan fingerprint density at radius 3 is 2.78 bits per heavy atom. The summed E-state index contributed by atoms with van der Waals surface area (Å²) in [7, 11) is -2.70. The highest BCUT2D eigenvalue weighted by Gasteiger charge is 2.59. The number of phosphoric ester groups is 1. The van der Waals surface area contributed by atoms with Crippen molar-refractivity contribution < 1.29 is 37.1 Å². The van der Waals surface area contributed by atoms with Crippen molar-refractivity contribution in [2.75, 3.05) is 20.3 Å². The number of aromatic nitrogens is 2. The molecule has 180 valence electrons. The molecule has 32 heavy (non-hydrogen) atoms. The Bertz CT molecular complexity index is 990. The first-order valence-corrected chi connectivity index (χ1v) is 11.5. The molecule has 2 fully saturated rings. The molecule has 0 spiro atoms. The van der Waals surface area contributed by atoms with Crippen LogP contribution in [0.25, 0.3) is 0 Å². The Kier molecular flexibility index (Phi) is 7.40. The molecule has 3 N–H and O–H groups in total. The number of fused-ring (bicyclic) bond motifs is 1. The molecule has 0 aliphatic carbocycles. The lowest BCUT2D eigenvalue weighted by molar-refractivity contribution is -0.151. The Hall–Kier alpha value is -1.86. The highest BCUT2D eigenvalue weighted by molar-refractivity contribution is 7.48. The number of hydrogen-bond acceptors (Lipinski definition) is 11. The molecular weight excluding hydrogens is 449 g/mol. The Morgan fingerprint density at radius 2 is 2.16 bits per heavy atom. The van der Waals surface area contributed by atoms with Gasteiger partial charge in [0.25, 0.3) is 5.56 Å². The van der Waals surface area contributed by atoms with E-state index in [9.17, 15) is 18.9 Å². The fourth-order valence-electron chi connectivity index (χ4n) is 3.49. The van der Waals surface area contributed by atoms with Crippen molar-refractivity contribution >= 4 is 13.8 Å². The number of rotatable bonds is 8. The number of carbonyl (C=O) groups is 1. The van der Waals surface area contributed by atoms with Gasteiger partial charge in [0.05, 0.1) is 37.4 Å². The molecule has 3 heterocycles. The smallest absolute Gasteiger partial charge is 0.463 e. The SMILES string of the molecule is CO[C@H](CO[P@]1(=O)OC[C@H]2O[C@@H](n3ccc(=O)[nH]c3=O)[C@](C)(N)[C@@H]2O1)CC(=O)OC(C)C. The first-order chi connectivity index (χ1) is 14.9. The largest absolute Gasteiger partial charge is 0.475 e. The number of nitrogens with zero attached hydrogens (tertiary/aromatic N) is 1. The number of aromatic amines is 1. The van der Waals surface area contributed by atoms with Crippen LogP contribution in [0, 0.1) is 0 Å². The molecule has 2 saturated heterocycles. The number of esters is 1. The average Bonchev–Trinajstić information content (AvgIpc) is 2.95. The lowest BCUT2D eigenvalue weighted by atomic mass is 9.93. The van der Waals surface area contributed by atoms with Crippen molar-refractivity contribution in [3.8, 4) is 0 Å². The number of nitrogens with one attached hydrogen (secondary N) is 1. The Labute approximate surface area is 183 Å². The molecular formula is C18H28N3O10P. The second kappa shape index (κ2) is 9.56. The average molecular weight is 477 g/mol. The summed E-state index contributed by atoms with van der Waals surface area (Å²) in [6.07, 6.45) is -2.59. The fraction of sp³-hybridized carbons (Fsp3) is 0.722. The number of nitrogens with two attached hydrogens (primary N) is 1. The van der Waals surface area contributed by atoms with E-state index in [1.54, 1.807) is 20.8 Å². The van der Waals surface area contributed by atoms with Crippen LogP contribution in [0.5, 0.6) is 0 Å². The summed E-state index contributed by atoms with van der Waals surface area (Å²) in [5, 5.41) is 0.